The van der Waals surface area contributed by atoms with Gasteiger partial charge in [-0.15, -0.1) is 0 Å². The van der Waals surface area contributed by atoms with Crippen LogP contribution in [-0.2, 0) is 56.0 Å². The van der Waals surface area contributed by atoms with Crippen molar-refractivity contribution in [1.29, 1.82) is 0 Å². The molecule has 0 bridgehead atoms. The zero-order valence-electron chi connectivity index (χ0n) is 47.8. The van der Waals surface area contributed by atoms with Crippen LogP contribution in [0.25, 0.3) is 0 Å². The maximum absolute atomic E-state index is 14.7. The smallest absolute Gasteiger partial charge is 0.326 e. The summed E-state index contributed by atoms with van der Waals surface area (Å²) in [7, 11) is 0. The van der Waals surface area contributed by atoms with E-state index in [-0.39, 0.29) is 68.9 Å². The predicted molar refractivity (Wildman–Crippen MR) is 299 cm³/mol. The van der Waals surface area contributed by atoms with E-state index in [9.17, 15) is 48.3 Å². The molecule has 0 saturated carbocycles. The molecule has 2 aliphatic rings. The molecule has 0 radical (unpaired) electrons. The molecule has 0 spiro atoms. The van der Waals surface area contributed by atoms with Crippen molar-refractivity contribution in [2.75, 3.05) is 13.1 Å². The number of benzene rings is 2. The van der Waals surface area contributed by atoms with Gasteiger partial charge < -0.3 is 52.5 Å². The lowest BCUT2D eigenvalue weighted by molar-refractivity contribution is -0.148. The minimum absolute atomic E-state index is 0.0312. The Bertz CT molecular complexity index is 2320. The van der Waals surface area contributed by atoms with Crippen molar-refractivity contribution in [2.45, 2.75) is 201 Å². The maximum Gasteiger partial charge on any atom is 0.326 e. The number of nitrogens with two attached hydrogens (primary N) is 1. The molecular weight excluding hydrogens is 995 g/mol. The molecule has 2 saturated heterocycles. The first-order valence-corrected chi connectivity index (χ1v) is 28.4. The zero-order valence-corrected chi connectivity index (χ0v) is 47.8. The molecule has 8 amide bonds. The van der Waals surface area contributed by atoms with Crippen LogP contribution in [0.3, 0.4) is 0 Å². The predicted octanol–water partition coefficient (Wildman–Crippen LogP) is 4.40. The second-order valence-electron chi connectivity index (χ2n) is 22.9. The number of carbonyl (C=O) groups excluding carboxylic acids is 8. The third-order valence-corrected chi connectivity index (χ3v) is 15.2. The van der Waals surface area contributed by atoms with E-state index in [4.69, 9.17) is 5.73 Å². The Balaban J connectivity index is 1.52. The van der Waals surface area contributed by atoms with Crippen LogP contribution < -0.4 is 37.6 Å². The van der Waals surface area contributed by atoms with E-state index in [1.807, 2.05) is 116 Å². The van der Waals surface area contributed by atoms with Gasteiger partial charge in [-0.25, -0.2) is 4.79 Å². The number of nitrogens with zero attached hydrogens (tertiary/aromatic N) is 2. The highest BCUT2D eigenvalue weighted by Crippen LogP contribution is 2.27. The Labute approximate surface area is 462 Å². The average molecular weight is 1090 g/mol. The van der Waals surface area contributed by atoms with Crippen LogP contribution in [0.2, 0.25) is 0 Å². The van der Waals surface area contributed by atoms with E-state index < -0.39 is 114 Å². The molecule has 2 aromatic carbocycles. The van der Waals surface area contributed by atoms with Crippen molar-refractivity contribution in [3.05, 3.63) is 71.8 Å². The van der Waals surface area contributed by atoms with E-state index in [1.165, 1.54) is 9.80 Å². The minimum atomic E-state index is -1.13. The molecule has 0 unspecified atom stereocenters. The van der Waals surface area contributed by atoms with Crippen LogP contribution in [0.15, 0.2) is 60.7 Å². The third-order valence-electron chi connectivity index (χ3n) is 15.2. The number of likely N-dealkylation sites (tertiary alicyclic amines) is 2. The van der Waals surface area contributed by atoms with E-state index in [1.54, 1.807) is 13.8 Å². The molecule has 2 aromatic rings. The number of aliphatic carboxylic acids is 1. The lowest BCUT2D eigenvalue weighted by Crippen LogP contribution is -2.61. The Morgan fingerprint density at radius 1 is 0.577 bits per heavy atom. The number of rotatable bonds is 30. The van der Waals surface area contributed by atoms with Crippen molar-refractivity contribution in [3.8, 4) is 0 Å². The van der Waals surface area contributed by atoms with Crippen molar-refractivity contribution >= 4 is 53.2 Å². The lowest BCUT2D eigenvalue weighted by Gasteiger charge is -2.35. The number of hydrogen-bond donors (Lipinski definition) is 8. The standard InChI is InChI=1S/C59H91N9O10/c1-11-38(9)49(60)55(73)66-51(39(10)12-2)56(74)64-43(31-35(3)4)53(71)65-50(37(7)8)58(76)68-30-20-26-47(68)57(75)67-29-19-25-46(67)54(72)63-44(34-41-23-17-14-18-24-41)52(70)61-42(33-40-21-15-13-16-22-40)27-28-48(69)62-45(59(77)78)32-36(5)6/h13-18,21-24,35-39,42-47,49-51H,11-12,19-20,25-34,60H2,1-10H3,(H,61,70)(H,62,69)(H,63,72)(H,64,74)(H,65,71)(H,66,73)(H,77,78)/t38-,39-,42-,43-,44-,45-,46-,47-,49-,50-,51-/m0/s1. The van der Waals surface area contributed by atoms with Crippen LogP contribution in [0, 0.1) is 29.6 Å². The highest BCUT2D eigenvalue weighted by Gasteiger charge is 2.45. The van der Waals surface area contributed by atoms with Crippen molar-refractivity contribution < 1.29 is 48.3 Å². The molecule has 432 valence electrons. The van der Waals surface area contributed by atoms with E-state index in [0.29, 0.717) is 44.9 Å². The van der Waals surface area contributed by atoms with Gasteiger partial charge in [0.05, 0.1) is 6.04 Å². The summed E-state index contributed by atoms with van der Waals surface area (Å²) in [5, 5.41) is 27.0. The number of carboxylic acid groups (broad SMARTS) is 1. The normalized spacial score (nSPS) is 18.9. The van der Waals surface area contributed by atoms with Crippen molar-refractivity contribution in [1.82, 2.24) is 41.7 Å². The summed E-state index contributed by atoms with van der Waals surface area (Å²) >= 11 is 0. The van der Waals surface area contributed by atoms with Crippen LogP contribution in [-0.4, -0.2) is 136 Å². The van der Waals surface area contributed by atoms with Gasteiger partial charge in [0.15, 0.2) is 0 Å². The lowest BCUT2D eigenvalue weighted by atomic mass is 9.94. The SMILES string of the molecule is CC[C@H](C)[C@H](N)C(=O)N[C@H](C(=O)N[C@@H](CC(C)C)C(=O)N[C@H](C(=O)N1CCC[C@H]1C(=O)N1CCC[C@H]1C(=O)N[C@@H](Cc1ccccc1)C(=O)N[C@@H](CCC(=O)N[C@@H](CC(C)C)C(=O)O)Cc1ccccc1)C(C)C)[C@@H](C)CC. The Morgan fingerprint density at radius 2 is 1.10 bits per heavy atom. The molecule has 4 rings (SSSR count). The summed E-state index contributed by atoms with van der Waals surface area (Å²) in [6, 6.07) is 10.1. The van der Waals surface area contributed by atoms with Gasteiger partial charge in [-0.3, -0.25) is 38.4 Å². The first-order valence-electron chi connectivity index (χ1n) is 28.4. The molecular formula is C59H91N9O10. The molecule has 0 aromatic heterocycles. The highest BCUT2D eigenvalue weighted by molar-refractivity contribution is 5.98. The summed E-state index contributed by atoms with van der Waals surface area (Å²) in [6.07, 6.45) is 3.97. The van der Waals surface area contributed by atoms with Crippen LogP contribution in [0.4, 0.5) is 0 Å². The molecule has 11 atom stereocenters. The van der Waals surface area contributed by atoms with Crippen molar-refractivity contribution in [2.24, 2.45) is 35.3 Å². The second-order valence-corrected chi connectivity index (χ2v) is 22.9. The summed E-state index contributed by atoms with van der Waals surface area (Å²) in [6.45, 7) is 19.2. The number of carbonyl (C=O) groups is 9. The fourth-order valence-electron chi connectivity index (χ4n) is 10.2. The molecule has 0 aliphatic carbocycles. The molecule has 19 nitrogen and oxygen atoms in total. The third kappa shape index (κ3) is 19.2. The molecule has 78 heavy (non-hydrogen) atoms. The van der Waals surface area contributed by atoms with Crippen molar-refractivity contribution in [3.63, 3.8) is 0 Å². The van der Waals surface area contributed by atoms with Gasteiger partial charge in [0.2, 0.25) is 47.3 Å². The van der Waals surface area contributed by atoms with Gasteiger partial charge in [-0.1, -0.05) is 143 Å². The fraction of sp³-hybridized carbons (Fsp3) is 0.644. The van der Waals surface area contributed by atoms with Gasteiger partial charge >= 0.3 is 5.97 Å². The van der Waals surface area contributed by atoms with Gasteiger partial charge in [-0.2, -0.15) is 0 Å². The molecule has 2 aliphatic heterocycles. The monoisotopic (exact) mass is 1090 g/mol. The summed E-state index contributed by atoms with van der Waals surface area (Å²) < 4.78 is 0. The van der Waals surface area contributed by atoms with Crippen LogP contribution >= 0.6 is 0 Å². The highest BCUT2D eigenvalue weighted by atomic mass is 16.4. The number of carboxylic acids is 1. The molecule has 2 heterocycles. The second kappa shape index (κ2) is 31.3. The van der Waals surface area contributed by atoms with E-state index >= 15 is 0 Å². The first kappa shape index (κ1) is 64.2. The molecule has 9 N–H and O–H groups in total. The zero-order chi connectivity index (χ0) is 57.8. The Kier molecular flexibility index (Phi) is 25.7. The quantitative estimate of drug-likeness (QED) is 0.0543. The maximum atomic E-state index is 14.7. The average Bonchev–Trinajstić information content (AvgIpc) is 4.14. The summed E-state index contributed by atoms with van der Waals surface area (Å²) in [4.78, 5) is 128. The van der Waals surface area contributed by atoms with Gasteiger partial charge in [0.25, 0.3) is 0 Å². The van der Waals surface area contributed by atoms with E-state index in [2.05, 4.69) is 31.9 Å². The first-order chi connectivity index (χ1) is 36.9. The topological polar surface area (TPSA) is 279 Å². The van der Waals surface area contributed by atoms with Crippen LogP contribution in [0.1, 0.15) is 145 Å². The minimum Gasteiger partial charge on any atom is -0.480 e. The van der Waals surface area contributed by atoms with Gasteiger partial charge in [0, 0.05) is 32.0 Å². The van der Waals surface area contributed by atoms with E-state index in [0.717, 1.165) is 11.1 Å². The van der Waals surface area contributed by atoms with Gasteiger partial charge in [-0.05, 0) is 92.1 Å². The fourth-order valence-corrected chi connectivity index (χ4v) is 10.2. The Morgan fingerprint density at radius 3 is 1.65 bits per heavy atom. The van der Waals surface area contributed by atoms with Crippen LogP contribution in [0.5, 0.6) is 0 Å². The molecule has 19 heteroatoms. The van der Waals surface area contributed by atoms with Gasteiger partial charge in [0.1, 0.15) is 42.3 Å². The Hall–Kier alpha value is -6.37. The number of hydrogen-bond acceptors (Lipinski definition) is 10. The largest absolute Gasteiger partial charge is 0.480 e. The summed E-state index contributed by atoms with van der Waals surface area (Å²) in [5.41, 5.74) is 7.89. The molecule has 2 fully saturated rings. The number of nitrogens with one attached hydrogen (secondary N) is 6. The number of amides is 8. The summed E-state index contributed by atoms with van der Waals surface area (Å²) in [5.74, 6) is -5.91.